The van der Waals surface area contributed by atoms with Crippen molar-refractivity contribution < 1.29 is 4.74 Å². The van der Waals surface area contributed by atoms with Gasteiger partial charge in [-0.05, 0) is 55.2 Å². The fraction of sp³-hybridized carbons (Fsp3) is 0.650. The molecule has 0 unspecified atom stereocenters. The monoisotopic (exact) mass is 344 g/mol. The molecule has 2 aliphatic rings. The minimum Gasteiger partial charge on any atom is -0.381 e. The Balaban J connectivity index is 1.37. The first kappa shape index (κ1) is 18.1. The minimum atomic E-state index is 0.800. The van der Waals surface area contributed by atoms with E-state index in [0.717, 1.165) is 51.1 Å². The minimum absolute atomic E-state index is 0.800. The van der Waals surface area contributed by atoms with Gasteiger partial charge in [-0.2, -0.15) is 0 Å². The van der Waals surface area contributed by atoms with E-state index in [0.29, 0.717) is 0 Å². The predicted octanol–water partition coefficient (Wildman–Crippen LogP) is 2.55. The highest BCUT2D eigenvalue weighted by molar-refractivity contribution is 5.79. The van der Waals surface area contributed by atoms with Crippen LogP contribution in [0, 0.1) is 5.92 Å². The molecule has 3 rings (SSSR count). The average Bonchev–Trinajstić information content (AvgIpc) is 3.45. The number of aryl methyl sites for hydroxylation is 1. The third-order valence-corrected chi connectivity index (χ3v) is 4.99. The summed E-state index contributed by atoms with van der Waals surface area (Å²) in [5, 5.41) is 6.77. The number of fused-ring (bicyclic) bond motifs is 1. The summed E-state index contributed by atoms with van der Waals surface area (Å²) in [6.07, 6.45) is 6.15. The van der Waals surface area contributed by atoms with Crippen molar-refractivity contribution in [3.05, 3.63) is 29.3 Å². The first-order chi connectivity index (χ1) is 12.3. The summed E-state index contributed by atoms with van der Waals surface area (Å²) in [6, 6.07) is 6.79. The van der Waals surface area contributed by atoms with Crippen molar-refractivity contribution in [2.75, 3.05) is 45.3 Å². The Labute approximate surface area is 151 Å². The molecule has 0 radical (unpaired) electrons. The predicted molar refractivity (Wildman–Crippen MR) is 104 cm³/mol. The Morgan fingerprint density at radius 3 is 3.00 bits per heavy atom. The topological polar surface area (TPSA) is 48.9 Å². The van der Waals surface area contributed by atoms with Crippen LogP contribution >= 0.6 is 0 Å². The third kappa shape index (κ3) is 5.63. The van der Waals surface area contributed by atoms with Crippen molar-refractivity contribution in [2.24, 2.45) is 10.9 Å². The summed E-state index contributed by atoms with van der Waals surface area (Å²) in [5.41, 5.74) is 4.15. The standard InChI is InChI=1S/C20H32N4O/c1-21-20(22-10-4-12-25-15-16-6-7-16)23-14-17-8-9-19-18(13-17)5-3-11-24(19)2/h8-9,13,16H,3-7,10-12,14-15H2,1-2H3,(H2,21,22,23). The molecule has 0 amide bonds. The van der Waals surface area contributed by atoms with Crippen LogP contribution in [0.3, 0.4) is 0 Å². The van der Waals surface area contributed by atoms with Crippen molar-refractivity contribution in [1.29, 1.82) is 0 Å². The van der Waals surface area contributed by atoms with E-state index in [4.69, 9.17) is 4.74 Å². The van der Waals surface area contributed by atoms with Gasteiger partial charge in [0.2, 0.25) is 0 Å². The molecule has 1 aliphatic carbocycles. The Bertz CT molecular complexity index is 583. The summed E-state index contributed by atoms with van der Waals surface area (Å²) in [4.78, 5) is 6.65. The smallest absolute Gasteiger partial charge is 0.191 e. The molecule has 1 fully saturated rings. The largest absolute Gasteiger partial charge is 0.381 e. The molecule has 138 valence electrons. The molecule has 0 bridgehead atoms. The van der Waals surface area contributed by atoms with E-state index >= 15 is 0 Å². The fourth-order valence-corrected chi connectivity index (χ4v) is 3.27. The number of ether oxygens (including phenoxy) is 1. The number of rotatable bonds is 8. The zero-order chi connectivity index (χ0) is 17.5. The van der Waals surface area contributed by atoms with E-state index in [1.165, 1.54) is 42.5 Å². The second-order valence-electron chi connectivity index (χ2n) is 7.21. The normalized spacial score (nSPS) is 17.4. The maximum atomic E-state index is 5.66. The highest BCUT2D eigenvalue weighted by Crippen LogP contribution is 2.28. The summed E-state index contributed by atoms with van der Waals surface area (Å²) in [7, 11) is 4.00. The van der Waals surface area contributed by atoms with Gasteiger partial charge >= 0.3 is 0 Å². The number of hydrogen-bond donors (Lipinski definition) is 2. The fourth-order valence-electron chi connectivity index (χ4n) is 3.27. The van der Waals surface area contributed by atoms with Gasteiger partial charge in [0.1, 0.15) is 0 Å². The van der Waals surface area contributed by atoms with Gasteiger partial charge in [0.25, 0.3) is 0 Å². The van der Waals surface area contributed by atoms with E-state index in [1.54, 1.807) is 0 Å². The second-order valence-corrected chi connectivity index (χ2v) is 7.21. The molecule has 0 atom stereocenters. The summed E-state index contributed by atoms with van der Waals surface area (Å²) >= 11 is 0. The zero-order valence-corrected chi connectivity index (χ0v) is 15.7. The molecule has 1 aliphatic heterocycles. The Morgan fingerprint density at radius 2 is 2.20 bits per heavy atom. The molecule has 5 heteroatoms. The van der Waals surface area contributed by atoms with Crippen LogP contribution in [0.1, 0.15) is 36.8 Å². The highest BCUT2D eigenvalue weighted by Gasteiger charge is 2.20. The van der Waals surface area contributed by atoms with Gasteiger partial charge in [-0.1, -0.05) is 12.1 Å². The van der Waals surface area contributed by atoms with E-state index < -0.39 is 0 Å². The zero-order valence-electron chi connectivity index (χ0n) is 15.7. The van der Waals surface area contributed by atoms with Crippen LogP contribution < -0.4 is 15.5 Å². The van der Waals surface area contributed by atoms with Crippen LogP contribution in [0.2, 0.25) is 0 Å². The Hall–Kier alpha value is -1.75. The van der Waals surface area contributed by atoms with Gasteiger partial charge in [0.05, 0.1) is 0 Å². The maximum absolute atomic E-state index is 5.66. The quantitative estimate of drug-likeness (QED) is 0.432. The number of anilines is 1. The number of nitrogens with zero attached hydrogens (tertiary/aromatic N) is 2. The molecular formula is C20H32N4O. The maximum Gasteiger partial charge on any atom is 0.191 e. The molecule has 1 saturated carbocycles. The Morgan fingerprint density at radius 1 is 1.32 bits per heavy atom. The molecule has 25 heavy (non-hydrogen) atoms. The van der Waals surface area contributed by atoms with Gasteiger partial charge in [-0.15, -0.1) is 0 Å². The molecule has 2 N–H and O–H groups in total. The van der Waals surface area contributed by atoms with E-state index in [1.807, 2.05) is 7.05 Å². The number of hydrogen-bond acceptors (Lipinski definition) is 3. The SMILES string of the molecule is CN=C(NCCCOCC1CC1)NCc1ccc2c(c1)CCCN2C. The number of nitrogens with one attached hydrogen (secondary N) is 2. The van der Waals surface area contributed by atoms with Crippen molar-refractivity contribution >= 4 is 11.6 Å². The van der Waals surface area contributed by atoms with Crippen LogP contribution in [-0.2, 0) is 17.7 Å². The van der Waals surface area contributed by atoms with E-state index in [-0.39, 0.29) is 0 Å². The molecule has 0 saturated heterocycles. The average molecular weight is 345 g/mol. The summed E-state index contributed by atoms with van der Waals surface area (Å²) in [6.45, 7) is 4.62. The van der Waals surface area contributed by atoms with Crippen LogP contribution in [-0.4, -0.2) is 46.4 Å². The van der Waals surface area contributed by atoms with Crippen LogP contribution in [0.15, 0.2) is 23.2 Å². The summed E-state index contributed by atoms with van der Waals surface area (Å²) in [5.74, 6) is 1.70. The van der Waals surface area contributed by atoms with Crippen molar-refractivity contribution in [2.45, 2.75) is 38.6 Å². The first-order valence-corrected chi connectivity index (χ1v) is 9.61. The molecule has 1 heterocycles. The van der Waals surface area contributed by atoms with Crippen LogP contribution in [0.4, 0.5) is 5.69 Å². The lowest BCUT2D eigenvalue weighted by Crippen LogP contribution is -2.37. The lowest BCUT2D eigenvalue weighted by atomic mass is 9.99. The van der Waals surface area contributed by atoms with Crippen molar-refractivity contribution in [1.82, 2.24) is 10.6 Å². The molecule has 0 spiro atoms. The van der Waals surface area contributed by atoms with Gasteiger partial charge in [0.15, 0.2) is 5.96 Å². The van der Waals surface area contributed by atoms with Gasteiger partial charge in [0, 0.05) is 52.6 Å². The van der Waals surface area contributed by atoms with Crippen LogP contribution in [0.25, 0.3) is 0 Å². The number of benzene rings is 1. The van der Waals surface area contributed by atoms with Crippen molar-refractivity contribution in [3.8, 4) is 0 Å². The lowest BCUT2D eigenvalue weighted by molar-refractivity contribution is 0.123. The molecule has 0 aromatic heterocycles. The number of guanidine groups is 1. The lowest BCUT2D eigenvalue weighted by Gasteiger charge is -2.28. The van der Waals surface area contributed by atoms with Gasteiger partial charge in [-0.3, -0.25) is 4.99 Å². The van der Waals surface area contributed by atoms with E-state index in [2.05, 4.69) is 45.8 Å². The summed E-state index contributed by atoms with van der Waals surface area (Å²) < 4.78 is 5.66. The third-order valence-electron chi connectivity index (χ3n) is 4.99. The highest BCUT2D eigenvalue weighted by atomic mass is 16.5. The number of aliphatic imine (C=N–C) groups is 1. The van der Waals surface area contributed by atoms with Gasteiger partial charge in [-0.25, -0.2) is 0 Å². The van der Waals surface area contributed by atoms with E-state index in [9.17, 15) is 0 Å². The molecular weight excluding hydrogens is 312 g/mol. The molecule has 1 aromatic rings. The van der Waals surface area contributed by atoms with Crippen LogP contribution in [0.5, 0.6) is 0 Å². The van der Waals surface area contributed by atoms with Gasteiger partial charge < -0.3 is 20.3 Å². The molecule has 1 aromatic carbocycles. The Kier molecular flexibility index (Phi) is 6.56. The van der Waals surface area contributed by atoms with Crippen molar-refractivity contribution in [3.63, 3.8) is 0 Å². The first-order valence-electron chi connectivity index (χ1n) is 9.61. The molecule has 5 nitrogen and oxygen atoms in total. The second kappa shape index (κ2) is 9.09.